The molecule has 0 aliphatic carbocycles. The Morgan fingerprint density at radius 3 is 2.57 bits per heavy atom. The van der Waals surface area contributed by atoms with Gasteiger partial charge in [-0.05, 0) is 65.7 Å². The number of benzene rings is 2. The SMILES string of the molecule is Cc1ccc2c(c1)nc(C(C)Cl)n2-c1ccc(Br)cc1Br. The van der Waals surface area contributed by atoms with Gasteiger partial charge in [0.2, 0.25) is 0 Å². The molecule has 0 radical (unpaired) electrons. The summed E-state index contributed by atoms with van der Waals surface area (Å²) in [5, 5.41) is -0.173. The van der Waals surface area contributed by atoms with E-state index in [2.05, 4.69) is 67.6 Å². The first-order chi connectivity index (χ1) is 9.97. The first-order valence-corrected chi connectivity index (χ1v) is 8.58. The molecule has 0 bridgehead atoms. The van der Waals surface area contributed by atoms with Crippen molar-refractivity contribution in [2.75, 3.05) is 0 Å². The first kappa shape index (κ1) is 15.1. The summed E-state index contributed by atoms with van der Waals surface area (Å²) in [6.45, 7) is 4.01. The molecule has 1 aromatic heterocycles. The predicted octanol–water partition coefficient (Wildman–Crippen LogP) is 6.16. The third-order valence-electron chi connectivity index (χ3n) is 3.34. The lowest BCUT2D eigenvalue weighted by molar-refractivity contribution is 0.880. The fourth-order valence-corrected chi connectivity index (χ4v) is 3.76. The van der Waals surface area contributed by atoms with Crippen LogP contribution < -0.4 is 0 Å². The van der Waals surface area contributed by atoms with E-state index in [9.17, 15) is 0 Å². The van der Waals surface area contributed by atoms with E-state index in [1.54, 1.807) is 0 Å². The summed E-state index contributed by atoms with van der Waals surface area (Å²) in [6.07, 6.45) is 0. The third kappa shape index (κ3) is 2.77. The second-order valence-corrected chi connectivity index (χ2v) is 7.43. The Balaban J connectivity index is 2.36. The van der Waals surface area contributed by atoms with Gasteiger partial charge in [-0.15, -0.1) is 11.6 Å². The van der Waals surface area contributed by atoms with Crippen LogP contribution in [0.3, 0.4) is 0 Å². The molecule has 0 aliphatic rings. The summed E-state index contributed by atoms with van der Waals surface area (Å²) in [5.41, 5.74) is 4.25. The Kier molecular flexibility index (Phi) is 4.12. The maximum atomic E-state index is 6.35. The summed E-state index contributed by atoms with van der Waals surface area (Å²) in [4.78, 5) is 4.71. The average Bonchev–Trinajstić information content (AvgIpc) is 2.77. The molecule has 0 saturated carbocycles. The minimum atomic E-state index is -0.173. The van der Waals surface area contributed by atoms with E-state index in [-0.39, 0.29) is 5.38 Å². The molecule has 0 spiro atoms. The molecule has 0 N–H and O–H groups in total. The van der Waals surface area contributed by atoms with Crippen molar-refractivity contribution in [3.8, 4) is 5.69 Å². The third-order valence-corrected chi connectivity index (χ3v) is 4.67. The van der Waals surface area contributed by atoms with Crippen LogP contribution in [0.25, 0.3) is 16.7 Å². The van der Waals surface area contributed by atoms with Crippen molar-refractivity contribution in [2.24, 2.45) is 0 Å². The van der Waals surface area contributed by atoms with Crippen LogP contribution in [0.15, 0.2) is 45.3 Å². The molecular formula is C16H13Br2ClN2. The number of fused-ring (bicyclic) bond motifs is 1. The van der Waals surface area contributed by atoms with Gasteiger partial charge in [0.15, 0.2) is 0 Å². The van der Waals surface area contributed by atoms with E-state index in [0.29, 0.717) is 0 Å². The minimum absolute atomic E-state index is 0.173. The van der Waals surface area contributed by atoms with Gasteiger partial charge in [-0.2, -0.15) is 0 Å². The molecule has 108 valence electrons. The predicted molar refractivity (Wildman–Crippen MR) is 95.5 cm³/mol. The van der Waals surface area contributed by atoms with Gasteiger partial charge in [-0.25, -0.2) is 4.98 Å². The summed E-state index contributed by atoms with van der Waals surface area (Å²) in [6, 6.07) is 12.4. The second kappa shape index (κ2) is 5.75. The van der Waals surface area contributed by atoms with Gasteiger partial charge < -0.3 is 0 Å². The number of hydrogen-bond donors (Lipinski definition) is 0. The highest BCUT2D eigenvalue weighted by Gasteiger charge is 2.18. The van der Waals surface area contributed by atoms with E-state index >= 15 is 0 Å². The van der Waals surface area contributed by atoms with Gasteiger partial charge in [0.05, 0.1) is 22.1 Å². The van der Waals surface area contributed by atoms with Crippen molar-refractivity contribution in [3.63, 3.8) is 0 Å². The molecular weight excluding hydrogens is 415 g/mol. The van der Waals surface area contributed by atoms with Gasteiger partial charge in [-0.1, -0.05) is 22.0 Å². The Morgan fingerprint density at radius 1 is 1.14 bits per heavy atom. The summed E-state index contributed by atoms with van der Waals surface area (Å²) in [7, 11) is 0. The van der Waals surface area contributed by atoms with Crippen LogP contribution in [0.2, 0.25) is 0 Å². The number of aromatic nitrogens is 2. The normalized spacial score (nSPS) is 12.8. The lowest BCUT2D eigenvalue weighted by Crippen LogP contribution is -2.02. The highest BCUT2D eigenvalue weighted by Crippen LogP contribution is 2.33. The highest BCUT2D eigenvalue weighted by atomic mass is 79.9. The van der Waals surface area contributed by atoms with Gasteiger partial charge in [0.1, 0.15) is 5.82 Å². The second-order valence-electron chi connectivity index (χ2n) is 5.01. The van der Waals surface area contributed by atoms with Crippen LogP contribution in [-0.4, -0.2) is 9.55 Å². The average molecular weight is 429 g/mol. The molecule has 5 heteroatoms. The maximum Gasteiger partial charge on any atom is 0.132 e. The molecule has 21 heavy (non-hydrogen) atoms. The highest BCUT2D eigenvalue weighted by molar-refractivity contribution is 9.11. The molecule has 3 rings (SSSR count). The molecule has 0 aliphatic heterocycles. The smallest absolute Gasteiger partial charge is 0.132 e. The first-order valence-electron chi connectivity index (χ1n) is 6.56. The zero-order valence-corrected chi connectivity index (χ0v) is 15.5. The fourth-order valence-electron chi connectivity index (χ4n) is 2.39. The largest absolute Gasteiger partial charge is 0.294 e. The molecule has 2 nitrogen and oxygen atoms in total. The molecule has 3 aromatic rings. The van der Waals surface area contributed by atoms with E-state index in [0.717, 1.165) is 31.5 Å². The van der Waals surface area contributed by atoms with Crippen molar-refractivity contribution in [3.05, 3.63) is 56.7 Å². The number of aryl methyl sites for hydroxylation is 1. The lowest BCUT2D eigenvalue weighted by atomic mass is 10.2. The van der Waals surface area contributed by atoms with Gasteiger partial charge in [0, 0.05) is 8.95 Å². The maximum absolute atomic E-state index is 6.35. The molecule has 1 atom stereocenters. The minimum Gasteiger partial charge on any atom is -0.294 e. The topological polar surface area (TPSA) is 17.8 Å². The number of rotatable bonds is 2. The zero-order chi connectivity index (χ0) is 15.1. The number of halogens is 3. The van der Waals surface area contributed by atoms with Crippen LogP contribution >= 0.6 is 43.5 Å². The fraction of sp³-hybridized carbons (Fsp3) is 0.188. The van der Waals surface area contributed by atoms with Crippen LogP contribution in [0.5, 0.6) is 0 Å². The van der Waals surface area contributed by atoms with Crippen LogP contribution in [0, 0.1) is 6.92 Å². The number of nitrogens with zero attached hydrogens (tertiary/aromatic N) is 2. The number of alkyl halides is 1. The Bertz CT molecular complexity index is 825. The number of imidazole rings is 1. The Morgan fingerprint density at radius 2 is 1.90 bits per heavy atom. The molecule has 1 heterocycles. The Hall–Kier alpha value is -0.840. The standard InChI is InChI=1S/C16H13Br2ClN2/c1-9-3-5-15-13(7-9)20-16(10(2)19)21(15)14-6-4-11(17)8-12(14)18/h3-8,10H,1-2H3. The summed E-state index contributed by atoms with van der Waals surface area (Å²) in [5.74, 6) is 0.847. The van der Waals surface area contributed by atoms with Crippen LogP contribution in [0.1, 0.15) is 23.7 Å². The van der Waals surface area contributed by atoms with Crippen molar-refractivity contribution in [1.29, 1.82) is 0 Å². The van der Waals surface area contributed by atoms with Gasteiger partial charge >= 0.3 is 0 Å². The van der Waals surface area contributed by atoms with Crippen molar-refractivity contribution >= 4 is 54.5 Å². The van der Waals surface area contributed by atoms with E-state index in [1.165, 1.54) is 5.56 Å². The lowest BCUT2D eigenvalue weighted by Gasteiger charge is -2.12. The quantitative estimate of drug-likeness (QED) is 0.447. The van der Waals surface area contributed by atoms with Crippen molar-refractivity contribution in [1.82, 2.24) is 9.55 Å². The van der Waals surface area contributed by atoms with Gasteiger partial charge in [-0.3, -0.25) is 4.57 Å². The summed E-state index contributed by atoms with van der Waals surface area (Å²) >= 11 is 13.5. The Labute approximate surface area is 145 Å². The monoisotopic (exact) mass is 426 g/mol. The molecule has 0 fully saturated rings. The molecule has 1 unspecified atom stereocenters. The van der Waals surface area contributed by atoms with E-state index < -0.39 is 0 Å². The van der Waals surface area contributed by atoms with Gasteiger partial charge in [0.25, 0.3) is 0 Å². The number of hydrogen-bond acceptors (Lipinski definition) is 1. The zero-order valence-electron chi connectivity index (χ0n) is 11.6. The van der Waals surface area contributed by atoms with Crippen LogP contribution in [0.4, 0.5) is 0 Å². The van der Waals surface area contributed by atoms with Crippen molar-refractivity contribution < 1.29 is 0 Å². The van der Waals surface area contributed by atoms with Crippen LogP contribution in [-0.2, 0) is 0 Å². The summed E-state index contributed by atoms with van der Waals surface area (Å²) < 4.78 is 4.14. The molecule has 2 aromatic carbocycles. The van der Waals surface area contributed by atoms with E-state index in [4.69, 9.17) is 16.6 Å². The van der Waals surface area contributed by atoms with Crippen molar-refractivity contribution in [2.45, 2.75) is 19.2 Å². The molecule has 0 amide bonds. The molecule has 0 saturated heterocycles. The van der Waals surface area contributed by atoms with E-state index in [1.807, 2.05) is 19.1 Å².